The van der Waals surface area contributed by atoms with E-state index in [9.17, 15) is 8.42 Å². The summed E-state index contributed by atoms with van der Waals surface area (Å²) in [7, 11) is -1.82. The highest BCUT2D eigenvalue weighted by Gasteiger charge is 2.26. The van der Waals surface area contributed by atoms with Crippen molar-refractivity contribution >= 4 is 38.4 Å². The SMILES string of the molecule is COCCn1c(-c2cccs2)csc1=Nc1ccc(S(=O)(=O)N2CCOCC2)cc1. The molecule has 0 radical (unpaired) electrons. The summed E-state index contributed by atoms with van der Waals surface area (Å²) in [4.78, 5) is 7.06. The highest BCUT2D eigenvalue weighted by Crippen LogP contribution is 2.26. The molecule has 3 aromatic rings. The van der Waals surface area contributed by atoms with Gasteiger partial charge in [0.1, 0.15) is 0 Å². The summed E-state index contributed by atoms with van der Waals surface area (Å²) in [5.74, 6) is 0. The van der Waals surface area contributed by atoms with E-state index in [0.29, 0.717) is 45.1 Å². The summed E-state index contributed by atoms with van der Waals surface area (Å²) in [5, 5.41) is 4.15. The Bertz CT molecular complexity index is 1130. The first-order chi connectivity index (χ1) is 14.6. The standard InChI is InChI=1S/C20H23N3O4S3/c1-26-11-10-23-18(19-3-2-14-28-19)15-29-20(23)21-16-4-6-17(7-5-16)30(24,25)22-8-12-27-13-9-22/h2-7,14-15H,8-13H2,1H3. The molecule has 1 fully saturated rings. The summed E-state index contributed by atoms with van der Waals surface area (Å²) in [6, 6.07) is 10.9. The monoisotopic (exact) mass is 465 g/mol. The quantitative estimate of drug-likeness (QED) is 0.537. The third-order valence-corrected chi connectivity index (χ3v) is 8.43. The minimum Gasteiger partial charge on any atom is -0.383 e. The Balaban J connectivity index is 1.64. The second kappa shape index (κ2) is 9.54. The number of sulfonamides is 1. The summed E-state index contributed by atoms with van der Waals surface area (Å²) in [6.07, 6.45) is 0. The van der Waals surface area contributed by atoms with Crippen LogP contribution in [0.5, 0.6) is 0 Å². The number of rotatable bonds is 7. The Morgan fingerprint density at radius 1 is 1.13 bits per heavy atom. The van der Waals surface area contributed by atoms with Crippen LogP contribution >= 0.6 is 22.7 Å². The zero-order valence-electron chi connectivity index (χ0n) is 16.6. The molecular weight excluding hydrogens is 442 g/mol. The highest BCUT2D eigenvalue weighted by atomic mass is 32.2. The van der Waals surface area contributed by atoms with Crippen LogP contribution < -0.4 is 4.80 Å². The average molecular weight is 466 g/mol. The molecule has 7 nitrogen and oxygen atoms in total. The van der Waals surface area contributed by atoms with Gasteiger partial charge in [-0.05, 0) is 35.7 Å². The van der Waals surface area contributed by atoms with Gasteiger partial charge in [0.05, 0.1) is 41.0 Å². The molecule has 0 saturated carbocycles. The van der Waals surface area contributed by atoms with Crippen molar-refractivity contribution in [1.82, 2.24) is 8.87 Å². The summed E-state index contributed by atoms with van der Waals surface area (Å²) in [5.41, 5.74) is 1.82. The van der Waals surface area contributed by atoms with Crippen molar-refractivity contribution in [3.8, 4) is 10.6 Å². The van der Waals surface area contributed by atoms with E-state index in [4.69, 9.17) is 14.5 Å². The number of ether oxygens (including phenoxy) is 2. The van der Waals surface area contributed by atoms with Crippen molar-refractivity contribution in [3.05, 3.63) is 52.0 Å². The Morgan fingerprint density at radius 2 is 1.90 bits per heavy atom. The first-order valence-electron chi connectivity index (χ1n) is 9.53. The molecule has 0 spiro atoms. The molecule has 0 N–H and O–H groups in total. The van der Waals surface area contributed by atoms with Crippen LogP contribution in [0.15, 0.2) is 57.0 Å². The lowest BCUT2D eigenvalue weighted by atomic mass is 10.3. The van der Waals surface area contributed by atoms with Gasteiger partial charge in [-0.1, -0.05) is 6.07 Å². The van der Waals surface area contributed by atoms with Crippen molar-refractivity contribution in [2.75, 3.05) is 40.0 Å². The van der Waals surface area contributed by atoms with Crippen LogP contribution in [0.4, 0.5) is 5.69 Å². The molecule has 2 aromatic heterocycles. The number of methoxy groups -OCH3 is 1. The first kappa shape index (κ1) is 21.4. The van der Waals surface area contributed by atoms with Crippen LogP contribution in [0.2, 0.25) is 0 Å². The molecule has 1 saturated heterocycles. The lowest BCUT2D eigenvalue weighted by molar-refractivity contribution is 0.0730. The van der Waals surface area contributed by atoms with Crippen LogP contribution in [0.25, 0.3) is 10.6 Å². The lowest BCUT2D eigenvalue weighted by Crippen LogP contribution is -2.40. The van der Waals surface area contributed by atoms with Gasteiger partial charge in [0.2, 0.25) is 10.0 Å². The maximum Gasteiger partial charge on any atom is 0.243 e. The van der Waals surface area contributed by atoms with Crippen molar-refractivity contribution in [3.63, 3.8) is 0 Å². The molecule has 0 aliphatic carbocycles. The molecule has 0 bridgehead atoms. The normalized spacial score (nSPS) is 16.2. The molecule has 1 aliphatic rings. The van der Waals surface area contributed by atoms with Gasteiger partial charge in [0.15, 0.2) is 4.80 Å². The van der Waals surface area contributed by atoms with E-state index in [2.05, 4.69) is 21.4 Å². The second-order valence-corrected chi connectivity index (χ2v) is 10.4. The minimum atomic E-state index is -3.50. The third kappa shape index (κ3) is 4.58. The zero-order chi connectivity index (χ0) is 21.0. The van der Waals surface area contributed by atoms with Gasteiger partial charge in [-0.3, -0.25) is 0 Å². The molecule has 10 heteroatoms. The zero-order valence-corrected chi connectivity index (χ0v) is 19.0. The molecular formula is C20H23N3O4S3. The van der Waals surface area contributed by atoms with Crippen molar-refractivity contribution in [1.29, 1.82) is 0 Å². The van der Waals surface area contributed by atoms with E-state index in [1.807, 2.05) is 6.07 Å². The fraction of sp³-hybridized carbons (Fsp3) is 0.350. The Morgan fingerprint density at radius 3 is 2.57 bits per heavy atom. The van der Waals surface area contributed by atoms with E-state index in [0.717, 1.165) is 10.5 Å². The average Bonchev–Trinajstić information content (AvgIpc) is 3.43. The maximum atomic E-state index is 12.8. The van der Waals surface area contributed by atoms with Gasteiger partial charge in [-0.25, -0.2) is 13.4 Å². The number of hydrogen-bond donors (Lipinski definition) is 0. The van der Waals surface area contributed by atoms with Crippen LogP contribution in [-0.4, -0.2) is 57.3 Å². The Kier molecular flexibility index (Phi) is 6.81. The summed E-state index contributed by atoms with van der Waals surface area (Å²) >= 11 is 3.24. The molecule has 0 atom stereocenters. The number of benzene rings is 1. The molecule has 4 rings (SSSR count). The Hall–Kier alpha value is -1.82. The number of aromatic nitrogens is 1. The molecule has 30 heavy (non-hydrogen) atoms. The van der Waals surface area contributed by atoms with Gasteiger partial charge in [-0.2, -0.15) is 4.31 Å². The minimum absolute atomic E-state index is 0.279. The topological polar surface area (TPSA) is 73.1 Å². The molecule has 1 aliphatic heterocycles. The van der Waals surface area contributed by atoms with Crippen LogP contribution in [0, 0.1) is 0 Å². The Labute approximate surface area is 183 Å². The summed E-state index contributed by atoms with van der Waals surface area (Å²) < 4.78 is 39.7. The molecule has 3 heterocycles. The highest BCUT2D eigenvalue weighted by molar-refractivity contribution is 7.89. The number of hydrogen-bond acceptors (Lipinski definition) is 7. The molecule has 1 aromatic carbocycles. The van der Waals surface area contributed by atoms with Gasteiger partial charge < -0.3 is 14.0 Å². The third-order valence-electron chi connectivity index (χ3n) is 4.76. The number of morpholine rings is 1. The van der Waals surface area contributed by atoms with Crippen molar-refractivity contribution < 1.29 is 17.9 Å². The number of thiophene rings is 1. The number of nitrogens with zero attached hydrogens (tertiary/aromatic N) is 3. The molecule has 0 unspecified atom stereocenters. The van der Waals surface area contributed by atoms with Crippen molar-refractivity contribution in [2.24, 2.45) is 4.99 Å². The van der Waals surface area contributed by atoms with E-state index in [-0.39, 0.29) is 4.90 Å². The first-order valence-corrected chi connectivity index (χ1v) is 12.7. The fourth-order valence-corrected chi connectivity index (χ4v) is 6.36. The molecule has 160 valence electrons. The van der Waals surface area contributed by atoms with E-state index in [1.54, 1.807) is 54.0 Å². The van der Waals surface area contributed by atoms with Gasteiger partial charge in [0.25, 0.3) is 0 Å². The van der Waals surface area contributed by atoms with E-state index >= 15 is 0 Å². The molecule has 0 amide bonds. The van der Waals surface area contributed by atoms with Crippen LogP contribution in [-0.2, 0) is 26.0 Å². The fourth-order valence-electron chi connectivity index (χ4n) is 3.18. The predicted octanol–water partition coefficient (Wildman–Crippen LogP) is 3.18. The predicted molar refractivity (Wildman–Crippen MR) is 119 cm³/mol. The van der Waals surface area contributed by atoms with E-state index in [1.165, 1.54) is 9.18 Å². The van der Waals surface area contributed by atoms with E-state index < -0.39 is 10.0 Å². The second-order valence-electron chi connectivity index (χ2n) is 6.65. The lowest BCUT2D eigenvalue weighted by Gasteiger charge is -2.26. The van der Waals surface area contributed by atoms with Gasteiger partial charge >= 0.3 is 0 Å². The van der Waals surface area contributed by atoms with Gasteiger partial charge in [0, 0.05) is 32.1 Å². The van der Waals surface area contributed by atoms with Crippen LogP contribution in [0.1, 0.15) is 0 Å². The van der Waals surface area contributed by atoms with Crippen LogP contribution in [0.3, 0.4) is 0 Å². The van der Waals surface area contributed by atoms with Crippen molar-refractivity contribution in [2.45, 2.75) is 11.4 Å². The largest absolute Gasteiger partial charge is 0.383 e. The summed E-state index contributed by atoms with van der Waals surface area (Å²) in [6.45, 7) is 2.90. The maximum absolute atomic E-state index is 12.8. The number of thiazole rings is 1. The van der Waals surface area contributed by atoms with Gasteiger partial charge in [-0.15, -0.1) is 22.7 Å². The smallest absolute Gasteiger partial charge is 0.243 e.